The molecule has 126 valence electrons. The number of hydrogen-bond donors (Lipinski definition) is 1. The van der Waals surface area contributed by atoms with E-state index in [1.165, 1.54) is 0 Å². The number of nitrogens with zero attached hydrogens (tertiary/aromatic N) is 3. The highest BCUT2D eigenvalue weighted by atomic mass is 16.5. The van der Waals surface area contributed by atoms with Gasteiger partial charge in [0.05, 0.1) is 13.7 Å². The molecule has 1 aromatic rings. The Labute approximate surface area is 136 Å². The molecular formula is C16H24N4O3. The molecule has 2 fully saturated rings. The van der Waals surface area contributed by atoms with E-state index in [-0.39, 0.29) is 12.0 Å². The Morgan fingerprint density at radius 1 is 1.57 bits per heavy atom. The van der Waals surface area contributed by atoms with E-state index < -0.39 is 5.41 Å². The number of nitrogens with one attached hydrogen (secondary N) is 1. The number of hydrogen-bond acceptors (Lipinski definition) is 7. The summed E-state index contributed by atoms with van der Waals surface area (Å²) in [4.78, 5) is 23.5. The highest BCUT2D eigenvalue weighted by molar-refractivity contribution is 5.79. The average Bonchev–Trinajstić information content (AvgIpc) is 2.61. The molecule has 0 radical (unpaired) electrons. The summed E-state index contributed by atoms with van der Waals surface area (Å²) in [5.74, 6) is 1.03. The lowest BCUT2D eigenvalue weighted by atomic mass is 9.70. The Balaban J connectivity index is 1.86. The van der Waals surface area contributed by atoms with Crippen LogP contribution in [-0.4, -0.2) is 55.3 Å². The van der Waals surface area contributed by atoms with E-state index in [2.05, 4.69) is 20.2 Å². The van der Waals surface area contributed by atoms with Gasteiger partial charge < -0.3 is 19.7 Å². The summed E-state index contributed by atoms with van der Waals surface area (Å²) in [6.45, 7) is 4.61. The maximum absolute atomic E-state index is 12.7. The van der Waals surface area contributed by atoms with Crippen LogP contribution in [0.2, 0.25) is 0 Å². The second-order valence-electron chi connectivity index (χ2n) is 6.10. The Morgan fingerprint density at radius 2 is 2.43 bits per heavy atom. The SMILES string of the molecule is CCOC(=O)[C@@]12CCCN[C@H]1CCN(c1nccc(OC)n1)C2. The number of esters is 1. The largest absolute Gasteiger partial charge is 0.481 e. The lowest BCUT2D eigenvalue weighted by molar-refractivity contribution is -0.159. The first kappa shape index (κ1) is 16.0. The first-order chi connectivity index (χ1) is 11.2. The highest BCUT2D eigenvalue weighted by Crippen LogP contribution is 2.39. The zero-order chi connectivity index (χ0) is 16.3. The molecule has 0 aromatic carbocycles. The van der Waals surface area contributed by atoms with Crippen molar-refractivity contribution in [3.8, 4) is 5.88 Å². The molecule has 23 heavy (non-hydrogen) atoms. The zero-order valence-corrected chi connectivity index (χ0v) is 13.7. The monoisotopic (exact) mass is 320 g/mol. The lowest BCUT2D eigenvalue weighted by Gasteiger charge is -2.49. The Kier molecular flexibility index (Phi) is 4.66. The van der Waals surface area contributed by atoms with Gasteiger partial charge in [0.25, 0.3) is 0 Å². The quantitative estimate of drug-likeness (QED) is 0.829. The van der Waals surface area contributed by atoms with E-state index in [9.17, 15) is 4.79 Å². The molecule has 0 spiro atoms. The number of fused-ring (bicyclic) bond motifs is 1. The molecular weight excluding hydrogens is 296 g/mol. The van der Waals surface area contributed by atoms with Gasteiger partial charge in [0, 0.05) is 31.4 Å². The summed E-state index contributed by atoms with van der Waals surface area (Å²) in [7, 11) is 1.59. The lowest BCUT2D eigenvalue weighted by Crippen LogP contribution is -2.63. The number of ether oxygens (including phenoxy) is 2. The molecule has 0 aliphatic carbocycles. The summed E-state index contributed by atoms with van der Waals surface area (Å²) >= 11 is 0. The maximum atomic E-state index is 12.7. The third kappa shape index (κ3) is 2.97. The number of carbonyl (C=O) groups excluding carboxylic acids is 1. The van der Waals surface area contributed by atoms with Gasteiger partial charge in [-0.3, -0.25) is 4.79 Å². The van der Waals surface area contributed by atoms with Crippen molar-refractivity contribution in [2.24, 2.45) is 5.41 Å². The fourth-order valence-corrected chi connectivity index (χ4v) is 3.67. The molecule has 0 unspecified atom stereocenters. The minimum Gasteiger partial charge on any atom is -0.481 e. The van der Waals surface area contributed by atoms with Crippen LogP contribution in [0.3, 0.4) is 0 Å². The van der Waals surface area contributed by atoms with E-state index >= 15 is 0 Å². The molecule has 0 amide bonds. The van der Waals surface area contributed by atoms with E-state index in [4.69, 9.17) is 9.47 Å². The molecule has 7 heteroatoms. The molecule has 0 saturated carbocycles. The molecule has 0 bridgehead atoms. The summed E-state index contributed by atoms with van der Waals surface area (Å²) < 4.78 is 10.6. The molecule has 1 N–H and O–H groups in total. The van der Waals surface area contributed by atoms with E-state index in [1.54, 1.807) is 19.4 Å². The first-order valence-corrected chi connectivity index (χ1v) is 8.22. The third-order valence-electron chi connectivity index (χ3n) is 4.81. The van der Waals surface area contributed by atoms with Gasteiger partial charge in [-0.2, -0.15) is 4.98 Å². The van der Waals surface area contributed by atoms with Gasteiger partial charge in [-0.1, -0.05) is 0 Å². The van der Waals surface area contributed by atoms with Crippen LogP contribution >= 0.6 is 0 Å². The van der Waals surface area contributed by atoms with Crippen molar-refractivity contribution in [1.82, 2.24) is 15.3 Å². The first-order valence-electron chi connectivity index (χ1n) is 8.22. The topological polar surface area (TPSA) is 76.6 Å². The van der Waals surface area contributed by atoms with Crippen molar-refractivity contribution in [2.75, 3.05) is 38.3 Å². The summed E-state index contributed by atoms with van der Waals surface area (Å²) in [5, 5.41) is 3.50. The standard InChI is InChI=1S/C16H24N4O3/c1-3-23-14(21)16-7-4-8-17-12(16)6-10-20(11-16)15-18-9-5-13(19-15)22-2/h5,9,12,17H,3-4,6-8,10-11H2,1-2H3/t12-,16+/m0/s1. The highest BCUT2D eigenvalue weighted by Gasteiger charge is 2.52. The van der Waals surface area contributed by atoms with Crippen molar-refractivity contribution in [2.45, 2.75) is 32.2 Å². The zero-order valence-electron chi connectivity index (χ0n) is 13.7. The molecule has 2 atom stereocenters. The number of anilines is 1. The second-order valence-corrected chi connectivity index (χ2v) is 6.10. The third-order valence-corrected chi connectivity index (χ3v) is 4.81. The molecule has 2 aliphatic rings. The minimum absolute atomic E-state index is 0.107. The second kappa shape index (κ2) is 6.70. The van der Waals surface area contributed by atoms with Crippen LogP contribution in [0, 0.1) is 5.41 Å². The van der Waals surface area contributed by atoms with Crippen molar-refractivity contribution in [3.63, 3.8) is 0 Å². The van der Waals surface area contributed by atoms with Gasteiger partial charge in [-0.25, -0.2) is 4.98 Å². The number of rotatable bonds is 4. The van der Waals surface area contributed by atoms with Gasteiger partial charge in [0.1, 0.15) is 5.41 Å². The van der Waals surface area contributed by atoms with Crippen LogP contribution in [0.4, 0.5) is 5.95 Å². The molecule has 3 rings (SSSR count). The molecule has 2 aliphatic heterocycles. The summed E-state index contributed by atoms with van der Waals surface area (Å²) in [5.41, 5.74) is -0.515. The number of piperidine rings is 2. The minimum atomic E-state index is -0.515. The van der Waals surface area contributed by atoms with Crippen molar-refractivity contribution in [3.05, 3.63) is 12.3 Å². The van der Waals surface area contributed by atoms with Crippen molar-refractivity contribution >= 4 is 11.9 Å². The number of carbonyl (C=O) groups is 1. The fourth-order valence-electron chi connectivity index (χ4n) is 3.67. The van der Waals surface area contributed by atoms with Crippen LogP contribution in [0.5, 0.6) is 5.88 Å². The predicted molar refractivity (Wildman–Crippen MR) is 85.5 cm³/mol. The molecule has 2 saturated heterocycles. The van der Waals surface area contributed by atoms with Gasteiger partial charge in [-0.15, -0.1) is 0 Å². The normalized spacial score (nSPS) is 27.2. The van der Waals surface area contributed by atoms with E-state index in [0.717, 1.165) is 32.4 Å². The van der Waals surface area contributed by atoms with Crippen LogP contribution in [0.25, 0.3) is 0 Å². The number of aromatic nitrogens is 2. The van der Waals surface area contributed by atoms with E-state index in [1.807, 2.05) is 6.92 Å². The number of methoxy groups -OCH3 is 1. The summed E-state index contributed by atoms with van der Waals surface area (Å²) in [6, 6.07) is 1.89. The fraction of sp³-hybridized carbons (Fsp3) is 0.688. The Morgan fingerprint density at radius 3 is 3.22 bits per heavy atom. The van der Waals surface area contributed by atoms with Crippen LogP contribution in [0.1, 0.15) is 26.2 Å². The van der Waals surface area contributed by atoms with Gasteiger partial charge in [-0.05, 0) is 32.7 Å². The van der Waals surface area contributed by atoms with E-state index in [0.29, 0.717) is 25.0 Å². The summed E-state index contributed by atoms with van der Waals surface area (Å²) in [6.07, 6.45) is 4.37. The van der Waals surface area contributed by atoms with Gasteiger partial charge >= 0.3 is 5.97 Å². The molecule has 7 nitrogen and oxygen atoms in total. The maximum Gasteiger partial charge on any atom is 0.315 e. The Bertz CT molecular complexity index is 568. The van der Waals surface area contributed by atoms with Gasteiger partial charge in [0.2, 0.25) is 11.8 Å². The average molecular weight is 320 g/mol. The Hall–Kier alpha value is -1.89. The van der Waals surface area contributed by atoms with Crippen LogP contribution in [0.15, 0.2) is 12.3 Å². The van der Waals surface area contributed by atoms with Crippen molar-refractivity contribution < 1.29 is 14.3 Å². The van der Waals surface area contributed by atoms with Crippen molar-refractivity contribution in [1.29, 1.82) is 0 Å². The molecule has 1 aromatic heterocycles. The van der Waals surface area contributed by atoms with Crippen LogP contribution in [-0.2, 0) is 9.53 Å². The smallest absolute Gasteiger partial charge is 0.315 e. The predicted octanol–water partition coefficient (Wildman–Crippen LogP) is 0.997. The van der Waals surface area contributed by atoms with Gasteiger partial charge in [0.15, 0.2) is 0 Å². The van der Waals surface area contributed by atoms with Crippen LogP contribution < -0.4 is 15.0 Å². The molecule has 3 heterocycles.